The van der Waals surface area contributed by atoms with E-state index >= 15 is 0 Å². The molecule has 10 heteroatoms. The third-order valence-electron chi connectivity index (χ3n) is 3.56. The van der Waals surface area contributed by atoms with Gasteiger partial charge in [-0.05, 0) is 36.4 Å². The molecule has 0 spiro atoms. The lowest BCUT2D eigenvalue weighted by molar-refractivity contribution is 0.0996. The number of benzene rings is 2. The largest absolute Gasteiger partial charge is 0.366 e. The van der Waals surface area contributed by atoms with E-state index in [1.54, 1.807) is 18.5 Å². The van der Waals surface area contributed by atoms with E-state index in [0.717, 1.165) is 0 Å². The van der Waals surface area contributed by atoms with Crippen molar-refractivity contribution in [1.82, 2.24) is 9.97 Å². The third-order valence-corrected chi connectivity index (χ3v) is 4.94. The first-order valence-corrected chi connectivity index (χ1v) is 8.95. The van der Waals surface area contributed by atoms with Gasteiger partial charge in [0, 0.05) is 24.0 Å². The van der Waals surface area contributed by atoms with Gasteiger partial charge in [-0.2, -0.15) is 0 Å². The van der Waals surface area contributed by atoms with Crippen LogP contribution in [0.1, 0.15) is 10.4 Å². The topological polar surface area (TPSA) is 115 Å². The number of primary amides is 1. The highest BCUT2D eigenvalue weighted by molar-refractivity contribution is 7.92. The molecule has 1 amide bonds. The lowest BCUT2D eigenvalue weighted by Crippen LogP contribution is -2.17. The van der Waals surface area contributed by atoms with Gasteiger partial charge in [0.2, 0.25) is 0 Å². The molecule has 27 heavy (non-hydrogen) atoms. The molecule has 0 unspecified atom stereocenters. The summed E-state index contributed by atoms with van der Waals surface area (Å²) >= 11 is 0. The van der Waals surface area contributed by atoms with Gasteiger partial charge in [0.25, 0.3) is 15.9 Å². The minimum atomic E-state index is -4.20. The highest BCUT2D eigenvalue weighted by atomic mass is 32.2. The number of anilines is 1. The van der Waals surface area contributed by atoms with Crippen LogP contribution in [0.5, 0.6) is 0 Å². The van der Waals surface area contributed by atoms with Gasteiger partial charge in [-0.3, -0.25) is 9.52 Å². The number of hydrogen-bond acceptors (Lipinski definition) is 5. The Hall–Kier alpha value is -3.40. The van der Waals surface area contributed by atoms with Crippen molar-refractivity contribution < 1.29 is 22.0 Å². The second-order valence-corrected chi connectivity index (χ2v) is 7.06. The normalized spacial score (nSPS) is 11.2. The predicted molar refractivity (Wildman–Crippen MR) is 93.2 cm³/mol. The number of hydrogen-bond donors (Lipinski definition) is 2. The average Bonchev–Trinajstić information content (AvgIpc) is 2.65. The van der Waals surface area contributed by atoms with Gasteiger partial charge in [-0.15, -0.1) is 0 Å². The summed E-state index contributed by atoms with van der Waals surface area (Å²) < 4.78 is 54.5. The fourth-order valence-electron chi connectivity index (χ4n) is 2.25. The molecule has 3 N–H and O–H groups in total. The van der Waals surface area contributed by atoms with Crippen LogP contribution in [0.3, 0.4) is 0 Å². The number of carbonyl (C=O) groups excluding carboxylic acids is 1. The summed E-state index contributed by atoms with van der Waals surface area (Å²) in [5, 5.41) is 0. The zero-order valence-corrected chi connectivity index (χ0v) is 14.4. The number of carbonyl (C=O) groups is 1. The summed E-state index contributed by atoms with van der Waals surface area (Å²) in [6, 6.07) is 8.25. The van der Waals surface area contributed by atoms with Crippen LogP contribution in [0.25, 0.3) is 11.4 Å². The second kappa shape index (κ2) is 7.08. The number of amides is 1. The van der Waals surface area contributed by atoms with E-state index in [2.05, 4.69) is 9.97 Å². The Kier molecular flexibility index (Phi) is 4.82. The molecule has 0 fully saturated rings. The first kappa shape index (κ1) is 18.4. The SMILES string of the molecule is NC(=O)c1cc(F)c(NS(=O)(=O)c2ccc(-c3ncccn3)cc2)cc1F. The lowest BCUT2D eigenvalue weighted by atomic mass is 10.2. The molecule has 0 saturated carbocycles. The van der Waals surface area contributed by atoms with Gasteiger partial charge in [0.05, 0.1) is 16.1 Å². The Morgan fingerprint density at radius 3 is 2.22 bits per heavy atom. The Labute approximate surface area is 152 Å². The average molecular weight is 390 g/mol. The highest BCUT2D eigenvalue weighted by Crippen LogP contribution is 2.24. The molecule has 1 heterocycles. The van der Waals surface area contributed by atoms with Crippen LogP contribution in [0.15, 0.2) is 59.8 Å². The fraction of sp³-hybridized carbons (Fsp3) is 0. The summed E-state index contributed by atoms with van der Waals surface area (Å²) in [7, 11) is -4.20. The van der Waals surface area contributed by atoms with Crippen molar-refractivity contribution in [2.24, 2.45) is 5.73 Å². The maximum absolute atomic E-state index is 14.0. The summed E-state index contributed by atoms with van der Waals surface area (Å²) in [5.74, 6) is -3.04. The number of nitrogens with one attached hydrogen (secondary N) is 1. The van der Waals surface area contributed by atoms with E-state index in [0.29, 0.717) is 23.5 Å². The Bertz CT molecular complexity index is 1110. The number of nitrogens with two attached hydrogens (primary N) is 1. The molecular weight excluding hydrogens is 378 g/mol. The van der Waals surface area contributed by atoms with E-state index in [1.165, 1.54) is 24.3 Å². The van der Waals surface area contributed by atoms with Crippen LogP contribution in [-0.4, -0.2) is 24.3 Å². The fourth-order valence-corrected chi connectivity index (χ4v) is 3.31. The molecule has 0 saturated heterocycles. The van der Waals surface area contributed by atoms with E-state index in [9.17, 15) is 22.0 Å². The summed E-state index contributed by atoms with van der Waals surface area (Å²) in [6.07, 6.45) is 3.09. The van der Waals surface area contributed by atoms with Gasteiger partial charge in [-0.1, -0.05) is 0 Å². The minimum absolute atomic E-state index is 0.180. The molecule has 0 aliphatic carbocycles. The third kappa shape index (κ3) is 3.90. The number of nitrogens with zero attached hydrogens (tertiary/aromatic N) is 2. The molecule has 3 rings (SSSR count). The first-order valence-electron chi connectivity index (χ1n) is 7.47. The van der Waals surface area contributed by atoms with E-state index < -0.39 is 38.8 Å². The molecule has 0 radical (unpaired) electrons. The zero-order chi connectivity index (χ0) is 19.6. The number of halogens is 2. The number of sulfonamides is 1. The Balaban J connectivity index is 1.89. The monoisotopic (exact) mass is 390 g/mol. The van der Waals surface area contributed by atoms with Crippen LogP contribution in [0, 0.1) is 11.6 Å². The van der Waals surface area contributed by atoms with Crippen LogP contribution < -0.4 is 10.5 Å². The lowest BCUT2D eigenvalue weighted by Gasteiger charge is -2.11. The number of rotatable bonds is 5. The molecule has 0 atom stereocenters. The van der Waals surface area contributed by atoms with E-state index in [4.69, 9.17) is 5.73 Å². The molecule has 2 aromatic carbocycles. The van der Waals surface area contributed by atoms with Crippen LogP contribution >= 0.6 is 0 Å². The van der Waals surface area contributed by atoms with Crippen molar-refractivity contribution in [3.05, 3.63) is 72.1 Å². The van der Waals surface area contributed by atoms with Crippen LogP contribution in [0.4, 0.5) is 14.5 Å². The molecular formula is C17H12F2N4O3S. The molecule has 0 aliphatic heterocycles. The molecule has 138 valence electrons. The smallest absolute Gasteiger partial charge is 0.261 e. The van der Waals surface area contributed by atoms with Crippen molar-refractivity contribution in [1.29, 1.82) is 0 Å². The van der Waals surface area contributed by atoms with Crippen molar-refractivity contribution >= 4 is 21.6 Å². The number of aromatic nitrogens is 2. The van der Waals surface area contributed by atoms with E-state index in [1.807, 2.05) is 4.72 Å². The molecule has 3 aromatic rings. The van der Waals surface area contributed by atoms with Gasteiger partial charge in [-0.25, -0.2) is 27.2 Å². The predicted octanol–water partition coefficient (Wildman–Crippen LogP) is 2.32. The molecule has 0 aliphatic rings. The maximum atomic E-state index is 14.0. The van der Waals surface area contributed by atoms with Gasteiger partial charge < -0.3 is 5.73 Å². The minimum Gasteiger partial charge on any atom is -0.366 e. The highest BCUT2D eigenvalue weighted by Gasteiger charge is 2.20. The van der Waals surface area contributed by atoms with Crippen LogP contribution in [0.2, 0.25) is 0 Å². The first-order chi connectivity index (χ1) is 12.8. The van der Waals surface area contributed by atoms with Crippen LogP contribution in [-0.2, 0) is 10.0 Å². The van der Waals surface area contributed by atoms with Crippen molar-refractivity contribution in [2.75, 3.05) is 4.72 Å². The Morgan fingerprint density at radius 1 is 1.00 bits per heavy atom. The second-order valence-electron chi connectivity index (χ2n) is 5.38. The van der Waals surface area contributed by atoms with Crippen molar-refractivity contribution in [2.45, 2.75) is 4.90 Å². The molecule has 1 aromatic heterocycles. The quantitative estimate of drug-likeness (QED) is 0.694. The molecule has 0 bridgehead atoms. The zero-order valence-electron chi connectivity index (χ0n) is 13.6. The standard InChI is InChI=1S/C17H12F2N4O3S/c18-13-9-15(14(19)8-12(13)16(20)24)23-27(25,26)11-4-2-10(3-5-11)17-21-6-1-7-22-17/h1-9,23H,(H2,20,24). The maximum Gasteiger partial charge on any atom is 0.261 e. The van der Waals surface area contributed by atoms with Gasteiger partial charge in [0.15, 0.2) is 5.82 Å². The van der Waals surface area contributed by atoms with Gasteiger partial charge >= 0.3 is 0 Å². The molecule has 7 nitrogen and oxygen atoms in total. The van der Waals surface area contributed by atoms with Crippen molar-refractivity contribution in [3.63, 3.8) is 0 Å². The van der Waals surface area contributed by atoms with Crippen molar-refractivity contribution in [3.8, 4) is 11.4 Å². The van der Waals surface area contributed by atoms with Gasteiger partial charge in [0.1, 0.15) is 11.6 Å². The summed E-state index contributed by atoms with van der Waals surface area (Å²) in [4.78, 5) is 18.9. The van der Waals surface area contributed by atoms with E-state index in [-0.39, 0.29) is 4.90 Å². The summed E-state index contributed by atoms with van der Waals surface area (Å²) in [6.45, 7) is 0. The summed E-state index contributed by atoms with van der Waals surface area (Å²) in [5.41, 5.74) is 4.18. The Morgan fingerprint density at radius 2 is 1.63 bits per heavy atom.